The summed E-state index contributed by atoms with van der Waals surface area (Å²) in [5.41, 5.74) is 6.93. The molecular formula is C32H42FNO3. The molecule has 4 nitrogen and oxygen atoms in total. The Hall–Kier alpha value is -2.86. The minimum Gasteiger partial charge on any atom is -0.400 e. The molecule has 0 bridgehead atoms. The Morgan fingerprint density at radius 2 is 1.68 bits per heavy atom. The van der Waals surface area contributed by atoms with Crippen LogP contribution in [-0.2, 0) is 4.74 Å². The third-order valence-electron chi connectivity index (χ3n) is 6.58. The van der Waals surface area contributed by atoms with Crippen LogP contribution in [0.1, 0.15) is 59.0 Å². The summed E-state index contributed by atoms with van der Waals surface area (Å²) in [6.45, 7) is 14.4. The topological polar surface area (TPSA) is 49.8 Å². The van der Waals surface area contributed by atoms with Crippen molar-refractivity contribution in [1.82, 2.24) is 4.90 Å². The predicted octanol–water partition coefficient (Wildman–Crippen LogP) is 6.94. The van der Waals surface area contributed by atoms with Crippen LogP contribution >= 0.6 is 0 Å². The van der Waals surface area contributed by atoms with Crippen molar-refractivity contribution in [3.63, 3.8) is 0 Å². The van der Waals surface area contributed by atoms with E-state index in [-0.39, 0.29) is 11.9 Å². The Balaban J connectivity index is 0.000000367. The first kappa shape index (κ1) is 30.4. The standard InChI is InChI=1S/C23H29NO2.C8H9F.CH4O/c1-17(14-24-11-6-12-24)16-26-19(3)22-7-4-5-8-23(22)20-9-10-21(15-25)18(2)13-20;1-6-3-4-7(2)8(9)5-6;1-2/h4-5,7-10,13,15,17,19H,6,11-12,14,16H2,1-3H3;3-5H,1-2H3;2H,1H3. The summed E-state index contributed by atoms with van der Waals surface area (Å²) >= 11 is 0. The summed E-state index contributed by atoms with van der Waals surface area (Å²) in [4.78, 5) is 13.6. The fourth-order valence-corrected chi connectivity index (χ4v) is 4.24. The van der Waals surface area contributed by atoms with Gasteiger partial charge in [-0.2, -0.15) is 0 Å². The van der Waals surface area contributed by atoms with Crippen LogP contribution in [0.3, 0.4) is 0 Å². The fraction of sp³-hybridized carbons (Fsp3) is 0.406. The molecular weight excluding hydrogens is 465 g/mol. The van der Waals surface area contributed by atoms with Crippen molar-refractivity contribution in [2.24, 2.45) is 5.92 Å². The Bertz CT molecular complexity index is 1130. The first-order chi connectivity index (χ1) is 17.8. The third kappa shape index (κ3) is 9.19. The molecule has 3 aromatic carbocycles. The summed E-state index contributed by atoms with van der Waals surface area (Å²) in [6.07, 6.45) is 2.28. The number of carbonyl (C=O) groups is 1. The molecule has 0 spiro atoms. The highest BCUT2D eigenvalue weighted by molar-refractivity contribution is 5.80. The zero-order valence-electron chi connectivity index (χ0n) is 23.1. The van der Waals surface area contributed by atoms with Gasteiger partial charge in [-0.15, -0.1) is 0 Å². The van der Waals surface area contributed by atoms with E-state index in [9.17, 15) is 9.18 Å². The molecule has 1 saturated heterocycles. The van der Waals surface area contributed by atoms with Gasteiger partial charge in [0, 0.05) is 19.2 Å². The van der Waals surface area contributed by atoms with Crippen molar-refractivity contribution in [2.45, 2.75) is 47.1 Å². The van der Waals surface area contributed by atoms with Crippen molar-refractivity contribution in [2.75, 3.05) is 33.4 Å². The number of hydrogen-bond acceptors (Lipinski definition) is 4. The number of aliphatic hydroxyl groups is 1. The molecule has 0 radical (unpaired) electrons. The summed E-state index contributed by atoms with van der Waals surface area (Å²) in [5.74, 6) is 0.425. The number of aryl methyl sites for hydroxylation is 3. The van der Waals surface area contributed by atoms with Crippen molar-refractivity contribution in [3.05, 3.63) is 94.3 Å². The largest absolute Gasteiger partial charge is 0.400 e. The maximum atomic E-state index is 12.6. The van der Waals surface area contributed by atoms with E-state index in [1.165, 1.54) is 36.7 Å². The van der Waals surface area contributed by atoms with Crippen molar-refractivity contribution in [1.29, 1.82) is 0 Å². The van der Waals surface area contributed by atoms with E-state index in [0.717, 1.165) is 48.8 Å². The zero-order valence-corrected chi connectivity index (χ0v) is 23.1. The van der Waals surface area contributed by atoms with Gasteiger partial charge in [-0.05, 0) is 92.6 Å². The van der Waals surface area contributed by atoms with Gasteiger partial charge in [0.25, 0.3) is 0 Å². The number of hydrogen-bond donors (Lipinski definition) is 1. The van der Waals surface area contributed by atoms with E-state index in [0.29, 0.717) is 11.5 Å². The van der Waals surface area contributed by atoms with Gasteiger partial charge >= 0.3 is 0 Å². The number of carbonyl (C=O) groups excluding carboxylic acids is 1. The minimum atomic E-state index is -0.116. The summed E-state index contributed by atoms with van der Waals surface area (Å²) < 4.78 is 18.8. The number of likely N-dealkylation sites (tertiary alicyclic amines) is 1. The van der Waals surface area contributed by atoms with Crippen LogP contribution in [0.15, 0.2) is 60.7 Å². The number of ether oxygens (including phenoxy) is 1. The minimum absolute atomic E-state index is 0.0381. The monoisotopic (exact) mass is 507 g/mol. The molecule has 1 heterocycles. The van der Waals surface area contributed by atoms with E-state index >= 15 is 0 Å². The van der Waals surface area contributed by atoms with Crippen molar-refractivity contribution in [3.8, 4) is 11.1 Å². The highest BCUT2D eigenvalue weighted by Crippen LogP contribution is 2.31. The molecule has 1 aliphatic heterocycles. The van der Waals surface area contributed by atoms with E-state index in [1.807, 2.05) is 32.0 Å². The van der Waals surface area contributed by atoms with Gasteiger partial charge in [-0.3, -0.25) is 4.79 Å². The van der Waals surface area contributed by atoms with Crippen molar-refractivity contribution >= 4 is 6.29 Å². The Kier molecular flexibility index (Phi) is 12.6. The molecule has 2 unspecified atom stereocenters. The molecule has 3 aromatic rings. The van der Waals surface area contributed by atoms with Crippen molar-refractivity contribution < 1.29 is 19.0 Å². The molecule has 1 fully saturated rings. The summed E-state index contributed by atoms with van der Waals surface area (Å²) in [5, 5.41) is 7.00. The fourth-order valence-electron chi connectivity index (χ4n) is 4.24. The SMILES string of the molecule is CO.Cc1cc(-c2ccccc2C(C)OCC(C)CN2CCC2)ccc1C=O.Cc1ccc(C)c(F)c1. The van der Waals surface area contributed by atoms with Crippen LogP contribution in [0, 0.1) is 32.5 Å². The lowest BCUT2D eigenvalue weighted by molar-refractivity contribution is 0.0275. The normalized spacial score (nSPS) is 14.3. The number of halogens is 1. The quantitative estimate of drug-likeness (QED) is 0.335. The summed E-state index contributed by atoms with van der Waals surface area (Å²) in [6, 6.07) is 19.6. The average Bonchev–Trinajstić information content (AvgIpc) is 2.88. The third-order valence-corrected chi connectivity index (χ3v) is 6.58. The maximum absolute atomic E-state index is 12.6. The van der Waals surface area contributed by atoms with E-state index in [4.69, 9.17) is 9.84 Å². The second kappa shape index (κ2) is 15.4. The lowest BCUT2D eigenvalue weighted by Crippen LogP contribution is -2.40. The van der Waals surface area contributed by atoms with E-state index in [1.54, 1.807) is 13.0 Å². The van der Waals surface area contributed by atoms with Crippen LogP contribution in [0.25, 0.3) is 11.1 Å². The smallest absolute Gasteiger partial charge is 0.150 e. The van der Waals surface area contributed by atoms with Gasteiger partial charge in [0.2, 0.25) is 0 Å². The molecule has 0 saturated carbocycles. The molecule has 37 heavy (non-hydrogen) atoms. The number of nitrogens with zero attached hydrogens (tertiary/aromatic N) is 1. The van der Waals surface area contributed by atoms with Gasteiger partial charge in [0.05, 0.1) is 12.7 Å². The number of aldehydes is 1. The molecule has 1 N–H and O–H groups in total. The zero-order chi connectivity index (χ0) is 27.4. The maximum Gasteiger partial charge on any atom is 0.150 e. The van der Waals surface area contributed by atoms with Gasteiger partial charge in [0.1, 0.15) is 12.1 Å². The lowest BCUT2D eigenvalue weighted by atomic mass is 9.94. The Morgan fingerprint density at radius 3 is 2.24 bits per heavy atom. The molecule has 0 amide bonds. The van der Waals surface area contributed by atoms with E-state index in [2.05, 4.69) is 49.1 Å². The lowest BCUT2D eigenvalue weighted by Gasteiger charge is -2.33. The summed E-state index contributed by atoms with van der Waals surface area (Å²) in [7, 11) is 1.00. The number of benzene rings is 3. The molecule has 0 aromatic heterocycles. The predicted molar refractivity (Wildman–Crippen MR) is 151 cm³/mol. The number of aliphatic hydroxyl groups excluding tert-OH is 1. The molecule has 5 heteroatoms. The van der Waals surface area contributed by atoms with Crippen LogP contribution in [0.4, 0.5) is 4.39 Å². The first-order valence-electron chi connectivity index (χ1n) is 12.9. The molecule has 0 aliphatic carbocycles. The van der Waals surface area contributed by atoms with Crippen LogP contribution < -0.4 is 0 Å². The van der Waals surface area contributed by atoms with Gasteiger partial charge in [-0.25, -0.2) is 4.39 Å². The van der Waals surface area contributed by atoms with Crippen LogP contribution in [0.5, 0.6) is 0 Å². The molecule has 1 aliphatic rings. The first-order valence-corrected chi connectivity index (χ1v) is 12.9. The molecule has 2 atom stereocenters. The molecule has 4 rings (SSSR count). The van der Waals surface area contributed by atoms with Crippen LogP contribution in [-0.4, -0.2) is 49.6 Å². The van der Waals surface area contributed by atoms with Gasteiger partial charge < -0.3 is 14.7 Å². The Morgan fingerprint density at radius 1 is 0.973 bits per heavy atom. The second-order valence-corrected chi connectivity index (χ2v) is 9.76. The van der Waals surface area contributed by atoms with Gasteiger partial charge in [-0.1, -0.05) is 61.5 Å². The number of rotatable bonds is 8. The average molecular weight is 508 g/mol. The van der Waals surface area contributed by atoms with Crippen LogP contribution in [0.2, 0.25) is 0 Å². The molecule has 200 valence electrons. The van der Waals surface area contributed by atoms with E-state index < -0.39 is 0 Å². The highest BCUT2D eigenvalue weighted by Gasteiger charge is 2.18. The Labute approximate surface area is 222 Å². The second-order valence-electron chi connectivity index (χ2n) is 9.76. The highest BCUT2D eigenvalue weighted by atomic mass is 19.1. The van der Waals surface area contributed by atoms with Gasteiger partial charge in [0.15, 0.2) is 0 Å².